The summed E-state index contributed by atoms with van der Waals surface area (Å²) in [5.74, 6) is 0. The van der Waals surface area contributed by atoms with E-state index in [0.717, 1.165) is 38.5 Å². The number of oxime groups is 1. The summed E-state index contributed by atoms with van der Waals surface area (Å²) in [7, 11) is 2.29. The lowest BCUT2D eigenvalue weighted by Gasteiger charge is -2.30. The van der Waals surface area contributed by atoms with Crippen LogP contribution in [0.25, 0.3) is 0 Å². The Labute approximate surface area is 156 Å². The van der Waals surface area contributed by atoms with E-state index in [4.69, 9.17) is 4.84 Å². The van der Waals surface area contributed by atoms with Crippen molar-refractivity contribution in [3.8, 4) is 0 Å². The second-order valence-electron chi connectivity index (χ2n) is 8.30. The average molecular weight is 351 g/mol. The Hall–Kier alpha value is -0.570. The largest absolute Gasteiger partial charge is 0.396 e. The van der Waals surface area contributed by atoms with Crippen LogP contribution in [0, 0.1) is 0 Å². The summed E-state index contributed by atoms with van der Waals surface area (Å²) in [5.41, 5.74) is 1.32. The Morgan fingerprint density at radius 3 is 1.92 bits per heavy atom. The fraction of sp³-hybridized carbons (Fsp3) is 0.955. The van der Waals surface area contributed by atoms with Gasteiger partial charge in [-0.1, -0.05) is 69.4 Å². The van der Waals surface area contributed by atoms with Gasteiger partial charge in [0.15, 0.2) is 0 Å². The molecule has 2 aliphatic carbocycles. The van der Waals surface area contributed by atoms with Crippen molar-refractivity contribution < 1.29 is 4.84 Å². The summed E-state index contributed by atoms with van der Waals surface area (Å²) < 4.78 is 0. The maximum Gasteiger partial charge on any atom is 0.118 e. The minimum absolute atomic E-state index is 0.778. The molecule has 3 nitrogen and oxygen atoms in total. The molecule has 2 saturated carbocycles. The minimum atomic E-state index is 0.778. The molecule has 0 heterocycles. The van der Waals surface area contributed by atoms with Gasteiger partial charge < -0.3 is 9.74 Å². The van der Waals surface area contributed by atoms with Gasteiger partial charge in [-0.3, -0.25) is 0 Å². The van der Waals surface area contributed by atoms with Crippen molar-refractivity contribution in [2.45, 2.75) is 115 Å². The zero-order valence-corrected chi connectivity index (χ0v) is 16.8. The highest BCUT2D eigenvalue weighted by Gasteiger charge is 2.17. The minimum Gasteiger partial charge on any atom is -0.396 e. The van der Waals surface area contributed by atoms with Gasteiger partial charge in [0, 0.05) is 12.6 Å². The van der Waals surface area contributed by atoms with Crippen molar-refractivity contribution in [1.82, 2.24) is 4.90 Å². The molecule has 0 amide bonds. The zero-order chi connectivity index (χ0) is 17.6. The molecule has 0 unspecified atom stereocenters. The third-order valence-corrected chi connectivity index (χ3v) is 6.07. The van der Waals surface area contributed by atoms with Gasteiger partial charge in [-0.15, -0.1) is 0 Å². The number of nitrogens with zero attached hydrogens (tertiary/aromatic N) is 2. The van der Waals surface area contributed by atoms with Crippen molar-refractivity contribution in [1.29, 1.82) is 0 Å². The molecule has 0 aromatic rings. The Kier molecular flexibility index (Phi) is 11.3. The molecule has 0 spiro atoms. The quantitative estimate of drug-likeness (QED) is 0.414. The van der Waals surface area contributed by atoms with E-state index in [1.54, 1.807) is 0 Å². The van der Waals surface area contributed by atoms with Crippen molar-refractivity contribution in [2.24, 2.45) is 5.16 Å². The molecule has 0 bridgehead atoms. The Bertz CT molecular complexity index is 336. The third-order valence-electron chi connectivity index (χ3n) is 6.07. The second-order valence-corrected chi connectivity index (χ2v) is 8.30. The molecule has 0 aromatic carbocycles. The first-order valence-electron chi connectivity index (χ1n) is 11.2. The van der Waals surface area contributed by atoms with Crippen LogP contribution in [-0.4, -0.2) is 36.9 Å². The highest BCUT2D eigenvalue weighted by Crippen LogP contribution is 2.21. The van der Waals surface area contributed by atoms with E-state index < -0.39 is 0 Å². The molecule has 0 aliphatic heterocycles. The average Bonchev–Trinajstić information content (AvgIpc) is 2.63. The topological polar surface area (TPSA) is 24.8 Å². The highest BCUT2D eigenvalue weighted by atomic mass is 16.6. The van der Waals surface area contributed by atoms with Gasteiger partial charge in [0.2, 0.25) is 0 Å². The van der Waals surface area contributed by atoms with E-state index in [2.05, 4.69) is 17.1 Å². The van der Waals surface area contributed by atoms with Crippen molar-refractivity contribution in [3.05, 3.63) is 0 Å². The van der Waals surface area contributed by atoms with Gasteiger partial charge in [0.25, 0.3) is 0 Å². The Balaban J connectivity index is 1.60. The summed E-state index contributed by atoms with van der Waals surface area (Å²) in [4.78, 5) is 8.24. The molecule has 0 saturated heterocycles. The van der Waals surface area contributed by atoms with E-state index in [-0.39, 0.29) is 0 Å². The first kappa shape index (κ1) is 20.7. The van der Waals surface area contributed by atoms with Gasteiger partial charge in [-0.05, 0) is 52.0 Å². The maximum atomic E-state index is 5.70. The summed E-state index contributed by atoms with van der Waals surface area (Å²) >= 11 is 0. The van der Waals surface area contributed by atoms with Crippen LogP contribution in [0.15, 0.2) is 5.16 Å². The second kappa shape index (κ2) is 13.6. The molecular weight excluding hydrogens is 308 g/mol. The zero-order valence-electron chi connectivity index (χ0n) is 16.8. The highest BCUT2D eigenvalue weighted by molar-refractivity contribution is 5.83. The van der Waals surface area contributed by atoms with E-state index >= 15 is 0 Å². The van der Waals surface area contributed by atoms with Crippen LogP contribution in [0.5, 0.6) is 0 Å². The van der Waals surface area contributed by atoms with Gasteiger partial charge in [-0.2, -0.15) is 0 Å². The molecule has 0 radical (unpaired) electrons. The van der Waals surface area contributed by atoms with Gasteiger partial charge in [-0.25, -0.2) is 0 Å². The summed E-state index contributed by atoms with van der Waals surface area (Å²) in [6.45, 7) is 1.93. The smallest absolute Gasteiger partial charge is 0.118 e. The molecule has 2 aliphatic rings. The number of hydrogen-bond donors (Lipinski definition) is 0. The summed E-state index contributed by atoms with van der Waals surface area (Å²) in [5, 5.41) is 4.52. The first-order chi connectivity index (χ1) is 12.4. The lowest BCUT2D eigenvalue weighted by molar-refractivity contribution is 0.118. The molecule has 0 N–H and O–H groups in total. The third kappa shape index (κ3) is 9.63. The molecule has 2 fully saturated rings. The molecule has 0 aromatic heterocycles. The fourth-order valence-electron chi connectivity index (χ4n) is 4.33. The van der Waals surface area contributed by atoms with Crippen LogP contribution in [0.3, 0.4) is 0 Å². The molecule has 146 valence electrons. The summed E-state index contributed by atoms with van der Waals surface area (Å²) in [6.07, 6.45) is 22.9. The van der Waals surface area contributed by atoms with Crippen molar-refractivity contribution in [3.63, 3.8) is 0 Å². The van der Waals surface area contributed by atoms with Gasteiger partial charge >= 0.3 is 0 Å². The maximum absolute atomic E-state index is 5.70. The normalized spacial score (nSPS) is 22.2. The van der Waals surface area contributed by atoms with Crippen LogP contribution in [-0.2, 0) is 4.84 Å². The monoisotopic (exact) mass is 350 g/mol. The molecule has 0 atom stereocenters. The van der Waals surface area contributed by atoms with E-state index in [0.29, 0.717) is 0 Å². The van der Waals surface area contributed by atoms with Crippen LogP contribution < -0.4 is 0 Å². The fourth-order valence-corrected chi connectivity index (χ4v) is 4.33. The van der Waals surface area contributed by atoms with Gasteiger partial charge in [0.05, 0.1) is 5.71 Å². The van der Waals surface area contributed by atoms with Crippen molar-refractivity contribution in [2.75, 3.05) is 20.2 Å². The standard InChI is InChI=1S/C22H42N2O/c1-24(22-17-12-9-13-18-22)19-14-20-25-23-21-15-10-7-5-3-2-4-6-8-11-16-21/h22H,2-20H2,1H3. The number of rotatable bonds is 6. The van der Waals surface area contributed by atoms with Gasteiger partial charge in [0.1, 0.15) is 6.61 Å². The van der Waals surface area contributed by atoms with Crippen LogP contribution in [0.1, 0.15) is 109 Å². The Morgan fingerprint density at radius 1 is 0.800 bits per heavy atom. The Morgan fingerprint density at radius 2 is 1.32 bits per heavy atom. The lowest BCUT2D eigenvalue weighted by Crippen LogP contribution is -2.34. The first-order valence-corrected chi connectivity index (χ1v) is 11.2. The predicted molar refractivity (Wildman–Crippen MR) is 108 cm³/mol. The van der Waals surface area contributed by atoms with Crippen LogP contribution >= 0.6 is 0 Å². The van der Waals surface area contributed by atoms with Crippen molar-refractivity contribution >= 4 is 5.71 Å². The van der Waals surface area contributed by atoms with E-state index in [1.807, 2.05) is 0 Å². The van der Waals surface area contributed by atoms with E-state index in [9.17, 15) is 0 Å². The SMILES string of the molecule is CN(CCCON=C1CCCCCCCCCCC1)C1CCCCC1. The molecule has 3 heteroatoms. The molecular formula is C22H42N2O. The lowest BCUT2D eigenvalue weighted by atomic mass is 9.94. The van der Waals surface area contributed by atoms with Crippen LogP contribution in [0.4, 0.5) is 0 Å². The van der Waals surface area contributed by atoms with Crippen LogP contribution in [0.2, 0.25) is 0 Å². The van der Waals surface area contributed by atoms with E-state index in [1.165, 1.54) is 95.6 Å². The predicted octanol–water partition coefficient (Wildman–Crippen LogP) is 6.32. The molecule has 25 heavy (non-hydrogen) atoms. The molecule has 2 rings (SSSR count). The summed E-state index contributed by atoms with van der Waals surface area (Å²) in [6, 6.07) is 0.811. The number of hydrogen-bond acceptors (Lipinski definition) is 3.